The Kier molecular flexibility index (Phi) is 6.44. The van der Waals surface area contributed by atoms with E-state index in [0.29, 0.717) is 35.2 Å². The Bertz CT molecular complexity index is 940. The number of ether oxygens (including phenoxy) is 4. The molecule has 0 amide bonds. The largest absolute Gasteiger partial charge is 0.493 e. The number of esters is 1. The summed E-state index contributed by atoms with van der Waals surface area (Å²) in [6.45, 7) is 2.56. The van der Waals surface area contributed by atoms with Gasteiger partial charge in [0.25, 0.3) is 0 Å². The van der Waals surface area contributed by atoms with Crippen LogP contribution in [0.1, 0.15) is 23.0 Å². The number of hydrogen-bond donors (Lipinski definition) is 0. The molecule has 2 aromatic heterocycles. The summed E-state index contributed by atoms with van der Waals surface area (Å²) in [6, 6.07) is 8.87. The van der Waals surface area contributed by atoms with E-state index < -0.39 is 5.97 Å². The lowest BCUT2D eigenvalue weighted by Gasteiger charge is -2.09. The van der Waals surface area contributed by atoms with Crippen molar-refractivity contribution in [1.82, 2.24) is 9.97 Å². The van der Waals surface area contributed by atoms with Crippen LogP contribution in [0, 0.1) is 0 Å². The number of carbonyl (C=O) groups excluding carboxylic acids is 1. The van der Waals surface area contributed by atoms with E-state index in [9.17, 15) is 4.79 Å². The second kappa shape index (κ2) is 9.18. The highest BCUT2D eigenvalue weighted by Crippen LogP contribution is 2.33. The Morgan fingerprint density at radius 3 is 2.64 bits per heavy atom. The molecule has 0 saturated carbocycles. The summed E-state index contributed by atoms with van der Waals surface area (Å²) in [7, 11) is 3.11. The van der Waals surface area contributed by atoms with Crippen LogP contribution in [0.3, 0.4) is 0 Å². The van der Waals surface area contributed by atoms with Crippen LogP contribution in [-0.2, 0) is 11.3 Å². The minimum atomic E-state index is -0.465. The first kappa shape index (κ1) is 19.6. The van der Waals surface area contributed by atoms with E-state index in [1.54, 1.807) is 19.2 Å². The van der Waals surface area contributed by atoms with E-state index in [1.807, 2.05) is 30.5 Å². The molecule has 7 nitrogen and oxygen atoms in total. The highest BCUT2D eigenvalue weighted by molar-refractivity contribution is 7.13. The Balaban J connectivity index is 1.66. The number of pyridine rings is 1. The predicted molar refractivity (Wildman–Crippen MR) is 105 cm³/mol. The molecule has 0 unspecified atom stereocenters. The summed E-state index contributed by atoms with van der Waals surface area (Å²) in [5, 5.41) is 2.66. The third kappa shape index (κ3) is 4.58. The van der Waals surface area contributed by atoms with Gasteiger partial charge in [0.05, 0.1) is 32.1 Å². The second-order valence-electron chi connectivity index (χ2n) is 5.61. The summed E-state index contributed by atoms with van der Waals surface area (Å²) in [5.41, 5.74) is 1.93. The number of aromatic nitrogens is 2. The Hall–Kier alpha value is -3.13. The molecule has 1 aromatic carbocycles. The van der Waals surface area contributed by atoms with Crippen molar-refractivity contribution < 1.29 is 23.7 Å². The van der Waals surface area contributed by atoms with Gasteiger partial charge in [-0.15, -0.1) is 11.3 Å². The molecule has 3 rings (SSSR count). The lowest BCUT2D eigenvalue weighted by molar-refractivity contribution is 0.0468. The molecule has 0 bridgehead atoms. The standard InChI is InChI=1S/C20H20N2O5S/c1-4-26-16-7-5-13(9-17(16)24-2)19-22-15(12-28-19)11-27-20(23)14-6-8-18(25-3)21-10-14/h5-10,12H,4,11H2,1-3H3. The zero-order valence-corrected chi connectivity index (χ0v) is 16.6. The van der Waals surface area contributed by atoms with E-state index >= 15 is 0 Å². The fraction of sp³-hybridized carbons (Fsp3) is 0.250. The Morgan fingerprint density at radius 2 is 1.96 bits per heavy atom. The van der Waals surface area contributed by atoms with E-state index in [0.717, 1.165) is 10.6 Å². The van der Waals surface area contributed by atoms with Gasteiger partial charge in [0.15, 0.2) is 11.5 Å². The molecule has 0 spiro atoms. The van der Waals surface area contributed by atoms with E-state index in [2.05, 4.69) is 9.97 Å². The maximum absolute atomic E-state index is 12.1. The molecule has 0 aliphatic heterocycles. The van der Waals surface area contributed by atoms with Gasteiger partial charge in [-0.3, -0.25) is 0 Å². The third-order valence-electron chi connectivity index (χ3n) is 3.79. The van der Waals surface area contributed by atoms with E-state index in [1.165, 1.54) is 24.6 Å². The van der Waals surface area contributed by atoms with Crippen molar-refractivity contribution in [3.8, 4) is 28.0 Å². The summed E-state index contributed by atoms with van der Waals surface area (Å²) >= 11 is 1.47. The molecule has 0 fully saturated rings. The molecular formula is C20H20N2O5S. The van der Waals surface area contributed by atoms with Crippen LogP contribution in [0.2, 0.25) is 0 Å². The first-order valence-electron chi connectivity index (χ1n) is 8.57. The molecule has 146 valence electrons. The highest BCUT2D eigenvalue weighted by atomic mass is 32.1. The topological polar surface area (TPSA) is 79.8 Å². The summed E-state index contributed by atoms with van der Waals surface area (Å²) in [6.07, 6.45) is 1.42. The molecule has 0 saturated heterocycles. The van der Waals surface area contributed by atoms with Gasteiger partial charge in [-0.05, 0) is 31.2 Å². The van der Waals surface area contributed by atoms with Crippen LogP contribution in [-0.4, -0.2) is 36.8 Å². The monoisotopic (exact) mass is 400 g/mol. The van der Waals surface area contributed by atoms with Crippen LogP contribution in [0.15, 0.2) is 41.9 Å². The highest BCUT2D eigenvalue weighted by Gasteiger charge is 2.12. The van der Waals surface area contributed by atoms with Crippen molar-refractivity contribution in [1.29, 1.82) is 0 Å². The van der Waals surface area contributed by atoms with Crippen molar-refractivity contribution in [2.24, 2.45) is 0 Å². The molecule has 0 N–H and O–H groups in total. The van der Waals surface area contributed by atoms with E-state index in [4.69, 9.17) is 18.9 Å². The molecule has 0 atom stereocenters. The summed E-state index contributed by atoms with van der Waals surface area (Å²) in [4.78, 5) is 20.6. The van der Waals surface area contributed by atoms with Crippen molar-refractivity contribution in [3.05, 3.63) is 53.2 Å². The first-order valence-corrected chi connectivity index (χ1v) is 9.45. The zero-order chi connectivity index (χ0) is 19.9. The normalized spacial score (nSPS) is 10.4. The fourth-order valence-electron chi connectivity index (χ4n) is 2.43. The van der Waals surface area contributed by atoms with Crippen molar-refractivity contribution in [2.45, 2.75) is 13.5 Å². The fourth-order valence-corrected chi connectivity index (χ4v) is 3.23. The molecule has 0 aliphatic carbocycles. The maximum atomic E-state index is 12.1. The smallest absolute Gasteiger partial charge is 0.340 e. The number of rotatable bonds is 8. The molecule has 28 heavy (non-hydrogen) atoms. The number of carbonyl (C=O) groups is 1. The quantitative estimate of drug-likeness (QED) is 0.529. The summed E-state index contributed by atoms with van der Waals surface area (Å²) in [5.74, 6) is 1.31. The van der Waals surface area contributed by atoms with E-state index in [-0.39, 0.29) is 6.61 Å². The van der Waals surface area contributed by atoms with Crippen molar-refractivity contribution in [3.63, 3.8) is 0 Å². The average molecular weight is 400 g/mol. The third-order valence-corrected chi connectivity index (χ3v) is 4.73. The number of benzene rings is 1. The number of methoxy groups -OCH3 is 2. The van der Waals surface area contributed by atoms with Crippen LogP contribution in [0.25, 0.3) is 10.6 Å². The van der Waals surface area contributed by atoms with Gasteiger partial charge in [-0.25, -0.2) is 14.8 Å². The van der Waals surface area contributed by atoms with Crippen LogP contribution in [0.5, 0.6) is 17.4 Å². The molecule has 0 aliphatic rings. The van der Waals surface area contributed by atoms with Crippen molar-refractivity contribution >= 4 is 17.3 Å². The van der Waals surface area contributed by atoms with Crippen LogP contribution >= 0.6 is 11.3 Å². The molecule has 8 heteroatoms. The van der Waals surface area contributed by atoms with Gasteiger partial charge < -0.3 is 18.9 Å². The lowest BCUT2D eigenvalue weighted by atomic mass is 10.2. The maximum Gasteiger partial charge on any atom is 0.340 e. The van der Waals surface area contributed by atoms with Gasteiger partial charge in [-0.1, -0.05) is 0 Å². The van der Waals surface area contributed by atoms with Gasteiger partial charge >= 0.3 is 5.97 Å². The Morgan fingerprint density at radius 1 is 1.11 bits per heavy atom. The van der Waals surface area contributed by atoms with Crippen molar-refractivity contribution in [2.75, 3.05) is 20.8 Å². The molecular weight excluding hydrogens is 380 g/mol. The minimum absolute atomic E-state index is 0.0789. The Labute approximate surface area is 166 Å². The molecule has 0 radical (unpaired) electrons. The molecule has 2 heterocycles. The lowest BCUT2D eigenvalue weighted by Crippen LogP contribution is -2.06. The SMILES string of the molecule is CCOc1ccc(-c2nc(COC(=O)c3ccc(OC)nc3)cs2)cc1OC. The summed E-state index contributed by atoms with van der Waals surface area (Å²) < 4.78 is 21.2. The van der Waals surface area contributed by atoms with Gasteiger partial charge in [0, 0.05) is 23.2 Å². The average Bonchev–Trinajstić information content (AvgIpc) is 3.21. The van der Waals surface area contributed by atoms with Crippen LogP contribution < -0.4 is 14.2 Å². The minimum Gasteiger partial charge on any atom is -0.493 e. The first-order chi connectivity index (χ1) is 13.6. The van der Waals surface area contributed by atoms with Gasteiger partial charge in [-0.2, -0.15) is 0 Å². The second-order valence-corrected chi connectivity index (χ2v) is 6.47. The molecule has 3 aromatic rings. The number of nitrogens with zero attached hydrogens (tertiary/aromatic N) is 2. The van der Waals surface area contributed by atoms with Gasteiger partial charge in [0.1, 0.15) is 11.6 Å². The zero-order valence-electron chi connectivity index (χ0n) is 15.8. The number of hydrogen-bond acceptors (Lipinski definition) is 8. The number of thiazole rings is 1. The van der Waals surface area contributed by atoms with Gasteiger partial charge in [0.2, 0.25) is 5.88 Å². The predicted octanol–water partition coefficient (Wildman–Crippen LogP) is 3.98. The van der Waals surface area contributed by atoms with Crippen LogP contribution in [0.4, 0.5) is 0 Å².